The van der Waals surface area contributed by atoms with Crippen LogP contribution >= 0.6 is 0 Å². The summed E-state index contributed by atoms with van der Waals surface area (Å²) < 4.78 is 0. The Morgan fingerprint density at radius 2 is 1.53 bits per heavy atom. The fourth-order valence-corrected chi connectivity index (χ4v) is 1.66. The summed E-state index contributed by atoms with van der Waals surface area (Å²) in [5.41, 5.74) is 2.35. The molecule has 0 saturated heterocycles. The van der Waals surface area contributed by atoms with Gasteiger partial charge in [-0.2, -0.15) is 0 Å². The van der Waals surface area contributed by atoms with Crippen molar-refractivity contribution >= 4 is 22.9 Å². The van der Waals surface area contributed by atoms with Crippen molar-refractivity contribution in [2.45, 2.75) is 20.8 Å². The van der Waals surface area contributed by atoms with Gasteiger partial charge >= 0.3 is 0 Å². The van der Waals surface area contributed by atoms with Crippen LogP contribution in [0.4, 0.5) is 0 Å². The Morgan fingerprint density at radius 1 is 1.00 bits per heavy atom. The van der Waals surface area contributed by atoms with Crippen molar-refractivity contribution in [3.05, 3.63) is 60.2 Å². The normalized spacial score (nSPS) is 9.59. The summed E-state index contributed by atoms with van der Waals surface area (Å²) in [6, 6.07) is 14.1. The maximum absolute atomic E-state index is 3.83. The van der Waals surface area contributed by atoms with Crippen molar-refractivity contribution in [2.24, 2.45) is 0 Å². The molecule has 2 rings (SSSR count). The standard InChI is InChI=1S/C15H12.C2H6/c1-3-7-13-11-15-9-6-5-8-14(15)10-12(13)4-2;1-2/h3-4,7-11H,2H2,1H3;1-2H3/b7-3-;. The van der Waals surface area contributed by atoms with Crippen LogP contribution in [0.25, 0.3) is 22.9 Å². The van der Waals surface area contributed by atoms with E-state index in [1.807, 2.05) is 45.1 Å². The minimum absolute atomic E-state index is 1.15. The number of benzene rings is 1. The number of hydrogen-bond donors (Lipinski definition) is 0. The van der Waals surface area contributed by atoms with Crippen molar-refractivity contribution in [1.29, 1.82) is 0 Å². The fourth-order valence-electron chi connectivity index (χ4n) is 1.66. The van der Waals surface area contributed by atoms with Gasteiger partial charge in [-0.25, -0.2) is 0 Å². The molecule has 0 N–H and O–H groups in total. The zero-order valence-corrected chi connectivity index (χ0v) is 10.7. The molecule has 0 heteroatoms. The Hall–Kier alpha value is -2.00. The Balaban J connectivity index is 0.000000686. The Bertz CT molecular complexity index is 519. The van der Waals surface area contributed by atoms with E-state index in [9.17, 15) is 0 Å². The van der Waals surface area contributed by atoms with Crippen LogP contribution in [0, 0.1) is 12.1 Å². The molecule has 0 unspecified atom stereocenters. The van der Waals surface area contributed by atoms with Crippen LogP contribution < -0.4 is 0 Å². The highest BCUT2D eigenvalue weighted by Gasteiger charge is 1.98. The van der Waals surface area contributed by atoms with Crippen LogP contribution in [-0.2, 0) is 0 Å². The average molecular weight is 222 g/mol. The Morgan fingerprint density at radius 3 is 2.00 bits per heavy atom. The van der Waals surface area contributed by atoms with Gasteiger partial charge in [-0.1, -0.05) is 50.8 Å². The van der Waals surface area contributed by atoms with Crippen LogP contribution in [0.5, 0.6) is 0 Å². The van der Waals surface area contributed by atoms with Gasteiger partial charge in [0.15, 0.2) is 0 Å². The van der Waals surface area contributed by atoms with E-state index in [-0.39, 0.29) is 0 Å². The van der Waals surface area contributed by atoms with Gasteiger partial charge in [0.25, 0.3) is 0 Å². The van der Waals surface area contributed by atoms with Gasteiger partial charge in [0.05, 0.1) is 0 Å². The summed E-state index contributed by atoms with van der Waals surface area (Å²) in [5.74, 6) is 0. The van der Waals surface area contributed by atoms with E-state index in [0.717, 1.165) is 5.56 Å². The molecule has 0 atom stereocenters. The molecular weight excluding hydrogens is 204 g/mol. The van der Waals surface area contributed by atoms with Gasteiger partial charge < -0.3 is 0 Å². The van der Waals surface area contributed by atoms with Gasteiger partial charge in [-0.15, -0.1) is 0 Å². The van der Waals surface area contributed by atoms with Crippen LogP contribution in [0.1, 0.15) is 31.9 Å². The van der Waals surface area contributed by atoms with Gasteiger partial charge in [-0.3, -0.25) is 0 Å². The van der Waals surface area contributed by atoms with Crippen molar-refractivity contribution in [2.75, 3.05) is 0 Å². The molecule has 0 nitrogen and oxygen atoms in total. The maximum atomic E-state index is 3.83. The monoisotopic (exact) mass is 222 g/mol. The lowest BCUT2D eigenvalue weighted by Crippen LogP contribution is -1.81. The van der Waals surface area contributed by atoms with E-state index >= 15 is 0 Å². The molecule has 0 aromatic heterocycles. The first-order valence-corrected chi connectivity index (χ1v) is 5.96. The third kappa shape index (κ3) is 2.98. The average Bonchev–Trinajstić information content (AvgIpc) is 2.40. The largest absolute Gasteiger partial charge is 0.0984 e. The number of rotatable bonds is 2. The zero-order chi connectivity index (χ0) is 12.7. The number of fused-ring (bicyclic) bond motifs is 1. The molecule has 0 heterocycles. The minimum Gasteiger partial charge on any atom is -0.0984 e. The second kappa shape index (κ2) is 6.55. The predicted molar refractivity (Wildman–Crippen MR) is 77.8 cm³/mol. The highest BCUT2D eigenvalue weighted by molar-refractivity contribution is 5.87. The first-order valence-electron chi connectivity index (χ1n) is 5.96. The molecule has 17 heavy (non-hydrogen) atoms. The van der Waals surface area contributed by atoms with Gasteiger partial charge in [0.1, 0.15) is 0 Å². The van der Waals surface area contributed by atoms with Crippen molar-refractivity contribution in [3.8, 4) is 0 Å². The predicted octanol–water partition coefficient (Wildman–Crippen LogP) is 5.14. The highest BCUT2D eigenvalue weighted by atomic mass is 14.0. The third-order valence-electron chi connectivity index (χ3n) is 2.39. The first kappa shape index (κ1) is 13.1. The Kier molecular flexibility index (Phi) is 5.04. The lowest BCUT2D eigenvalue weighted by Gasteiger charge is -2.03. The lowest BCUT2D eigenvalue weighted by molar-refractivity contribution is 1.50. The SMILES string of the molecule is C=Cc1cc2cc#ccc2cc1/C=C\C.CC. The van der Waals surface area contributed by atoms with Crippen LogP contribution in [-0.4, -0.2) is 0 Å². The van der Waals surface area contributed by atoms with Gasteiger partial charge in [0.2, 0.25) is 0 Å². The number of allylic oxidation sites excluding steroid dienone is 1. The topological polar surface area (TPSA) is 0 Å². The molecule has 0 radical (unpaired) electrons. The second-order valence-corrected chi connectivity index (χ2v) is 3.39. The Labute approximate surface area is 104 Å². The van der Waals surface area contributed by atoms with E-state index in [1.165, 1.54) is 16.3 Å². The molecule has 0 bridgehead atoms. The lowest BCUT2D eigenvalue weighted by atomic mass is 10.0. The van der Waals surface area contributed by atoms with Crippen LogP contribution in [0.3, 0.4) is 0 Å². The maximum Gasteiger partial charge on any atom is -0.00363 e. The molecule has 2 aromatic carbocycles. The van der Waals surface area contributed by atoms with Crippen LogP contribution in [0.2, 0.25) is 0 Å². The van der Waals surface area contributed by atoms with E-state index < -0.39 is 0 Å². The minimum atomic E-state index is 1.15. The van der Waals surface area contributed by atoms with E-state index in [0.29, 0.717) is 0 Å². The molecule has 0 aliphatic heterocycles. The van der Waals surface area contributed by atoms with E-state index in [2.05, 4.69) is 36.9 Å². The van der Waals surface area contributed by atoms with Crippen molar-refractivity contribution < 1.29 is 0 Å². The van der Waals surface area contributed by atoms with Crippen molar-refractivity contribution in [3.63, 3.8) is 0 Å². The first-order chi connectivity index (χ1) is 8.35. The molecule has 0 aliphatic rings. The molecule has 0 fully saturated rings. The summed E-state index contributed by atoms with van der Waals surface area (Å²) in [6.45, 7) is 9.84. The summed E-state index contributed by atoms with van der Waals surface area (Å²) in [6.07, 6.45) is 6.01. The summed E-state index contributed by atoms with van der Waals surface area (Å²) in [7, 11) is 0. The summed E-state index contributed by atoms with van der Waals surface area (Å²) in [5, 5.41) is 2.37. The summed E-state index contributed by atoms with van der Waals surface area (Å²) >= 11 is 0. The summed E-state index contributed by atoms with van der Waals surface area (Å²) in [4.78, 5) is 0. The molecule has 2 aromatic rings. The highest BCUT2D eigenvalue weighted by Crippen LogP contribution is 2.21. The molecule has 0 saturated carbocycles. The van der Waals surface area contributed by atoms with Crippen LogP contribution in [0.15, 0.2) is 36.9 Å². The van der Waals surface area contributed by atoms with Gasteiger partial charge in [0, 0.05) is 0 Å². The van der Waals surface area contributed by atoms with Crippen molar-refractivity contribution in [1.82, 2.24) is 0 Å². The molecule has 0 spiro atoms. The van der Waals surface area contributed by atoms with Gasteiger partial charge in [-0.05, 0) is 53.1 Å². The van der Waals surface area contributed by atoms with E-state index in [4.69, 9.17) is 0 Å². The molecule has 0 aliphatic carbocycles. The fraction of sp³-hybridized carbons (Fsp3) is 0.176. The smallest absolute Gasteiger partial charge is 0.00363 e. The number of hydrogen-bond acceptors (Lipinski definition) is 0. The molecule has 0 amide bonds. The molecule has 86 valence electrons. The third-order valence-corrected chi connectivity index (χ3v) is 2.39. The van der Waals surface area contributed by atoms with E-state index in [1.54, 1.807) is 0 Å². The second-order valence-electron chi connectivity index (χ2n) is 3.39. The quantitative estimate of drug-likeness (QED) is 0.659. The zero-order valence-electron chi connectivity index (χ0n) is 10.7. The molecular formula is C17H18.